The number of amides is 3. The minimum atomic E-state index is -0.613. The Hall–Kier alpha value is -2.74. The van der Waals surface area contributed by atoms with Crippen LogP contribution < -0.4 is 5.32 Å². The number of allylic oxidation sites excluding steroid dienone is 1. The van der Waals surface area contributed by atoms with Crippen molar-refractivity contribution in [3.63, 3.8) is 0 Å². The van der Waals surface area contributed by atoms with Crippen LogP contribution >= 0.6 is 0 Å². The monoisotopic (exact) mass is 460 g/mol. The Morgan fingerprint density at radius 3 is 2.36 bits per heavy atom. The molecule has 0 radical (unpaired) electrons. The summed E-state index contributed by atoms with van der Waals surface area (Å²) in [7, 11) is 3.95. The molecular weight excluding hydrogens is 423 g/mol. The first-order valence-corrected chi connectivity index (χ1v) is 11.6. The zero-order chi connectivity index (χ0) is 24.5. The lowest BCUT2D eigenvalue weighted by molar-refractivity contribution is -0.139. The topological polar surface area (TPSA) is 73.0 Å². The molecule has 1 unspecified atom stereocenters. The highest BCUT2D eigenvalue weighted by atomic mass is 19.1. The van der Waals surface area contributed by atoms with Crippen LogP contribution in [0.3, 0.4) is 0 Å². The standard InChI is InChI=1S/C25H37FN4O3/c1-6-29(7-2)25(33)22-15-20(16-23(31)27-13-8-14-28(4)5)24(32)30(18(22)3)17-19-9-11-21(26)12-10-19/h9-12,20H,6-8,13-17H2,1-5H3,(H,27,31). The molecule has 1 N–H and O–H groups in total. The molecule has 2 rings (SSSR count). The second kappa shape index (κ2) is 12.5. The van der Waals surface area contributed by atoms with Crippen LogP contribution in [0.2, 0.25) is 0 Å². The maximum Gasteiger partial charge on any atom is 0.251 e. The SMILES string of the molecule is CCN(CC)C(=O)C1=C(C)N(Cc2ccc(F)cc2)C(=O)C(CC(=O)NCCCN(C)C)C1. The van der Waals surface area contributed by atoms with Crippen molar-refractivity contribution in [1.82, 2.24) is 20.0 Å². The fourth-order valence-electron chi connectivity index (χ4n) is 4.02. The largest absolute Gasteiger partial charge is 0.356 e. The Morgan fingerprint density at radius 2 is 1.79 bits per heavy atom. The van der Waals surface area contributed by atoms with Crippen molar-refractivity contribution in [2.24, 2.45) is 5.92 Å². The fraction of sp³-hybridized carbons (Fsp3) is 0.560. The lowest BCUT2D eigenvalue weighted by atomic mass is 9.88. The van der Waals surface area contributed by atoms with Crippen LogP contribution in [0.25, 0.3) is 0 Å². The van der Waals surface area contributed by atoms with Gasteiger partial charge in [0, 0.05) is 37.3 Å². The molecule has 0 aromatic heterocycles. The molecule has 0 saturated heterocycles. The molecule has 1 heterocycles. The molecule has 7 nitrogen and oxygen atoms in total. The van der Waals surface area contributed by atoms with Crippen molar-refractivity contribution in [3.05, 3.63) is 46.9 Å². The molecule has 3 amide bonds. The zero-order valence-electron chi connectivity index (χ0n) is 20.5. The van der Waals surface area contributed by atoms with E-state index in [2.05, 4.69) is 5.32 Å². The van der Waals surface area contributed by atoms with E-state index in [1.807, 2.05) is 32.8 Å². The molecule has 0 spiro atoms. The maximum absolute atomic E-state index is 13.3. The van der Waals surface area contributed by atoms with Crippen LogP contribution in [-0.4, -0.2) is 72.7 Å². The van der Waals surface area contributed by atoms with Crippen molar-refractivity contribution < 1.29 is 18.8 Å². The van der Waals surface area contributed by atoms with E-state index >= 15 is 0 Å². The third kappa shape index (κ3) is 7.39. The summed E-state index contributed by atoms with van der Waals surface area (Å²) < 4.78 is 13.3. The van der Waals surface area contributed by atoms with Crippen LogP contribution in [0.5, 0.6) is 0 Å². The van der Waals surface area contributed by atoms with Crippen molar-refractivity contribution in [2.45, 2.75) is 46.6 Å². The van der Waals surface area contributed by atoms with E-state index in [0.29, 0.717) is 30.9 Å². The molecule has 0 fully saturated rings. The summed E-state index contributed by atoms with van der Waals surface area (Å²) in [5.41, 5.74) is 1.92. The minimum Gasteiger partial charge on any atom is -0.356 e. The Bertz CT molecular complexity index is 863. The van der Waals surface area contributed by atoms with Crippen LogP contribution in [0, 0.1) is 11.7 Å². The van der Waals surface area contributed by atoms with Gasteiger partial charge in [-0.2, -0.15) is 0 Å². The Labute approximate surface area is 196 Å². The molecule has 1 aromatic carbocycles. The van der Waals surface area contributed by atoms with Gasteiger partial charge in [0.05, 0.1) is 12.5 Å². The van der Waals surface area contributed by atoms with Gasteiger partial charge in [-0.3, -0.25) is 14.4 Å². The average Bonchev–Trinajstić information content (AvgIpc) is 2.78. The van der Waals surface area contributed by atoms with Gasteiger partial charge in [-0.05, 0) is 71.9 Å². The van der Waals surface area contributed by atoms with Gasteiger partial charge in [-0.1, -0.05) is 12.1 Å². The van der Waals surface area contributed by atoms with Gasteiger partial charge in [0.25, 0.3) is 5.91 Å². The summed E-state index contributed by atoms with van der Waals surface area (Å²) in [6, 6.07) is 5.96. The Kier molecular flexibility index (Phi) is 10.0. The number of nitrogens with zero attached hydrogens (tertiary/aromatic N) is 3. The van der Waals surface area contributed by atoms with Crippen molar-refractivity contribution >= 4 is 17.7 Å². The van der Waals surface area contributed by atoms with E-state index < -0.39 is 5.92 Å². The number of benzene rings is 1. The summed E-state index contributed by atoms with van der Waals surface area (Å²) in [4.78, 5) is 44.4. The molecule has 1 aromatic rings. The lowest BCUT2D eigenvalue weighted by Crippen LogP contribution is -2.44. The smallest absolute Gasteiger partial charge is 0.251 e. The van der Waals surface area contributed by atoms with Crippen molar-refractivity contribution in [2.75, 3.05) is 40.3 Å². The van der Waals surface area contributed by atoms with E-state index in [9.17, 15) is 18.8 Å². The number of carbonyl (C=O) groups excluding carboxylic acids is 3. The molecule has 33 heavy (non-hydrogen) atoms. The molecule has 0 aliphatic carbocycles. The summed E-state index contributed by atoms with van der Waals surface area (Å²) in [6.07, 6.45) is 1.09. The van der Waals surface area contributed by atoms with Crippen LogP contribution in [0.15, 0.2) is 35.5 Å². The molecule has 1 atom stereocenters. The number of halogens is 1. The second-order valence-electron chi connectivity index (χ2n) is 8.70. The number of hydrogen-bond donors (Lipinski definition) is 1. The minimum absolute atomic E-state index is 0.0308. The van der Waals surface area contributed by atoms with Gasteiger partial charge in [-0.25, -0.2) is 4.39 Å². The summed E-state index contributed by atoms with van der Waals surface area (Å²) in [5, 5.41) is 2.89. The van der Waals surface area contributed by atoms with Gasteiger partial charge >= 0.3 is 0 Å². The van der Waals surface area contributed by atoms with Gasteiger partial charge in [0.2, 0.25) is 11.8 Å². The predicted octanol–water partition coefficient (Wildman–Crippen LogP) is 2.77. The fourth-order valence-corrected chi connectivity index (χ4v) is 4.02. The number of nitrogens with one attached hydrogen (secondary N) is 1. The quantitative estimate of drug-likeness (QED) is 0.516. The first-order valence-electron chi connectivity index (χ1n) is 11.6. The Balaban J connectivity index is 2.23. The van der Waals surface area contributed by atoms with Gasteiger partial charge in [0.15, 0.2) is 0 Å². The van der Waals surface area contributed by atoms with Gasteiger partial charge in [0.1, 0.15) is 5.82 Å². The Morgan fingerprint density at radius 1 is 1.15 bits per heavy atom. The number of likely N-dealkylation sites (N-methyl/N-ethyl adjacent to an activating group) is 1. The number of hydrogen-bond acceptors (Lipinski definition) is 4. The van der Waals surface area contributed by atoms with Crippen LogP contribution in [0.1, 0.15) is 45.6 Å². The second-order valence-corrected chi connectivity index (χ2v) is 8.70. The zero-order valence-corrected chi connectivity index (χ0v) is 20.5. The van der Waals surface area contributed by atoms with Gasteiger partial charge < -0.3 is 20.0 Å². The first-order chi connectivity index (χ1) is 15.7. The number of carbonyl (C=O) groups is 3. The van der Waals surface area contributed by atoms with E-state index in [1.165, 1.54) is 12.1 Å². The van der Waals surface area contributed by atoms with Crippen molar-refractivity contribution in [3.8, 4) is 0 Å². The van der Waals surface area contributed by atoms with Crippen LogP contribution in [0.4, 0.5) is 4.39 Å². The highest BCUT2D eigenvalue weighted by Crippen LogP contribution is 2.32. The molecule has 0 bridgehead atoms. The normalized spacial score (nSPS) is 16.4. The average molecular weight is 461 g/mol. The van der Waals surface area contributed by atoms with Gasteiger partial charge in [-0.15, -0.1) is 0 Å². The van der Waals surface area contributed by atoms with Crippen LogP contribution in [-0.2, 0) is 20.9 Å². The first kappa shape index (κ1) is 26.5. The molecule has 0 saturated carbocycles. The molecule has 182 valence electrons. The third-order valence-corrected chi connectivity index (χ3v) is 6.01. The number of rotatable bonds is 11. The molecule has 1 aliphatic heterocycles. The predicted molar refractivity (Wildman–Crippen MR) is 126 cm³/mol. The van der Waals surface area contributed by atoms with E-state index in [4.69, 9.17) is 0 Å². The maximum atomic E-state index is 13.3. The van der Waals surface area contributed by atoms with E-state index in [-0.39, 0.29) is 42.9 Å². The lowest BCUT2D eigenvalue weighted by Gasteiger charge is -2.36. The highest BCUT2D eigenvalue weighted by Gasteiger charge is 2.37. The highest BCUT2D eigenvalue weighted by molar-refractivity contribution is 5.98. The summed E-state index contributed by atoms with van der Waals surface area (Å²) in [6.45, 7) is 8.36. The van der Waals surface area contributed by atoms with E-state index in [0.717, 1.165) is 18.5 Å². The summed E-state index contributed by atoms with van der Waals surface area (Å²) >= 11 is 0. The van der Waals surface area contributed by atoms with E-state index in [1.54, 1.807) is 28.9 Å². The molecule has 8 heteroatoms. The molecule has 1 aliphatic rings. The molecular formula is C25H37FN4O3. The summed E-state index contributed by atoms with van der Waals surface area (Å²) in [5.74, 6) is -1.44. The van der Waals surface area contributed by atoms with Crippen molar-refractivity contribution in [1.29, 1.82) is 0 Å². The third-order valence-electron chi connectivity index (χ3n) is 6.01.